The van der Waals surface area contributed by atoms with E-state index < -0.39 is 4.28 Å². The molecular weight excluding hydrogens is 322 g/mol. The zero-order valence-electron chi connectivity index (χ0n) is 13.4. The van der Waals surface area contributed by atoms with Crippen molar-refractivity contribution in [1.29, 1.82) is 0 Å². The predicted octanol–water partition coefficient (Wildman–Crippen LogP) is 3.64. The Labute approximate surface area is 145 Å². The van der Waals surface area contributed by atoms with Gasteiger partial charge >= 0.3 is 145 Å². The Morgan fingerprint density at radius 3 is 1.17 bits per heavy atom. The molecule has 0 saturated carbocycles. The van der Waals surface area contributed by atoms with Gasteiger partial charge in [-0.3, -0.25) is 0 Å². The van der Waals surface area contributed by atoms with Gasteiger partial charge in [-0.2, -0.15) is 0 Å². The van der Waals surface area contributed by atoms with Crippen molar-refractivity contribution in [2.24, 2.45) is 0 Å². The zero-order chi connectivity index (χ0) is 16.4. The first kappa shape index (κ1) is 15.9. The maximum atomic E-state index is 4.75. The van der Waals surface area contributed by atoms with Gasteiger partial charge < -0.3 is 0 Å². The van der Waals surface area contributed by atoms with Crippen molar-refractivity contribution in [2.45, 2.75) is 25.0 Å². The Kier molecular flexibility index (Phi) is 4.30. The van der Waals surface area contributed by atoms with Gasteiger partial charge in [0.1, 0.15) is 0 Å². The van der Waals surface area contributed by atoms with E-state index in [1.165, 1.54) is 0 Å². The van der Waals surface area contributed by atoms with Gasteiger partial charge in [-0.1, -0.05) is 0 Å². The summed E-state index contributed by atoms with van der Waals surface area (Å²) in [5, 5.41) is 0. The number of rotatable bonds is 3. The van der Waals surface area contributed by atoms with Crippen LogP contribution in [-0.4, -0.2) is 15.0 Å². The molecule has 0 bridgehead atoms. The van der Waals surface area contributed by atoms with Crippen LogP contribution in [0.5, 0.6) is 0 Å². The molecular formula is C19H18CrN3. The van der Waals surface area contributed by atoms with Crippen LogP contribution in [-0.2, 0) is 20.6 Å². The molecule has 0 amide bonds. The zero-order valence-corrected chi connectivity index (χ0v) is 14.7. The summed E-state index contributed by atoms with van der Waals surface area (Å²) < 4.78 is -0.607. The molecule has 4 heteroatoms. The molecule has 0 unspecified atom stereocenters. The van der Waals surface area contributed by atoms with Crippen molar-refractivity contribution < 1.29 is 16.3 Å². The molecule has 3 rings (SSSR count). The standard InChI is InChI=1S/C19H18N3.Cr/c1-13-7-4-10-16(20-13)19(17-11-5-8-14(2)21-17)18-12-6-9-15(3)22-18;/h4-12H,1-3H3;. The summed E-state index contributed by atoms with van der Waals surface area (Å²) in [6.45, 7) is 5.99. The second-order valence-corrected chi connectivity index (χ2v) is 6.63. The van der Waals surface area contributed by atoms with Gasteiger partial charge in [0.05, 0.1) is 0 Å². The second-order valence-electron chi connectivity index (χ2n) is 5.67. The fourth-order valence-corrected chi connectivity index (χ4v) is 3.14. The normalized spacial score (nSPS) is 11.4. The van der Waals surface area contributed by atoms with E-state index >= 15 is 0 Å². The molecule has 0 spiro atoms. The van der Waals surface area contributed by atoms with Crippen LogP contribution in [0.3, 0.4) is 0 Å². The van der Waals surface area contributed by atoms with Gasteiger partial charge in [0.25, 0.3) is 0 Å². The third kappa shape index (κ3) is 3.06. The summed E-state index contributed by atoms with van der Waals surface area (Å²) in [7, 11) is 0. The second kappa shape index (κ2) is 6.24. The Bertz CT molecular complexity index is 734. The van der Waals surface area contributed by atoms with Crippen LogP contribution in [0.25, 0.3) is 0 Å². The van der Waals surface area contributed by atoms with Crippen LogP contribution in [0.2, 0.25) is 0 Å². The van der Waals surface area contributed by atoms with E-state index in [-0.39, 0.29) is 0 Å². The van der Waals surface area contributed by atoms with Crippen molar-refractivity contribution in [3.63, 3.8) is 0 Å². The molecule has 115 valence electrons. The van der Waals surface area contributed by atoms with Crippen LogP contribution < -0.4 is 0 Å². The molecule has 0 radical (unpaired) electrons. The van der Waals surface area contributed by atoms with Gasteiger partial charge in [-0.05, 0) is 0 Å². The van der Waals surface area contributed by atoms with Gasteiger partial charge in [0.2, 0.25) is 0 Å². The summed E-state index contributed by atoms with van der Waals surface area (Å²) in [5.41, 5.74) is 5.66. The van der Waals surface area contributed by atoms with Crippen molar-refractivity contribution in [3.05, 3.63) is 88.8 Å². The minimum atomic E-state index is -0.607. The average molecular weight is 340 g/mol. The van der Waals surface area contributed by atoms with Crippen molar-refractivity contribution in [1.82, 2.24) is 15.0 Å². The Hall–Kier alpha value is -2.02. The predicted molar refractivity (Wildman–Crippen MR) is 86.8 cm³/mol. The topological polar surface area (TPSA) is 38.7 Å². The summed E-state index contributed by atoms with van der Waals surface area (Å²) >= 11 is 3.33. The first-order chi connectivity index (χ1) is 11.0. The van der Waals surface area contributed by atoms with E-state index in [2.05, 4.69) is 16.3 Å². The summed E-state index contributed by atoms with van der Waals surface area (Å²) in [5.74, 6) is 0. The number of pyridine rings is 3. The summed E-state index contributed by atoms with van der Waals surface area (Å²) in [4.78, 5) is 14.2. The van der Waals surface area contributed by atoms with Gasteiger partial charge in [-0.25, -0.2) is 0 Å². The molecule has 0 saturated heterocycles. The SMILES string of the molecule is Cc1cccc([C]([Cr])(c2cccc(C)n2)c2cccc(C)n2)n1. The van der Waals surface area contributed by atoms with Crippen LogP contribution in [0.1, 0.15) is 34.2 Å². The maximum absolute atomic E-state index is 4.75. The van der Waals surface area contributed by atoms with E-state index in [0.717, 1.165) is 34.2 Å². The van der Waals surface area contributed by atoms with Crippen molar-refractivity contribution >= 4 is 0 Å². The van der Waals surface area contributed by atoms with E-state index in [1.807, 2.05) is 75.4 Å². The molecule has 0 aliphatic rings. The number of hydrogen-bond acceptors (Lipinski definition) is 3. The van der Waals surface area contributed by atoms with Crippen LogP contribution in [0, 0.1) is 20.8 Å². The first-order valence-electron chi connectivity index (χ1n) is 7.53. The number of nitrogens with zero attached hydrogens (tertiary/aromatic N) is 3. The quantitative estimate of drug-likeness (QED) is 0.731. The molecule has 23 heavy (non-hydrogen) atoms. The molecule has 3 heterocycles. The molecule has 0 aliphatic heterocycles. The van der Waals surface area contributed by atoms with Crippen molar-refractivity contribution in [2.75, 3.05) is 0 Å². The fourth-order valence-electron chi connectivity index (χ4n) is 2.61. The molecule has 0 N–H and O–H groups in total. The van der Waals surface area contributed by atoms with Crippen LogP contribution in [0.4, 0.5) is 0 Å². The molecule has 0 atom stereocenters. The third-order valence-electron chi connectivity index (χ3n) is 3.75. The van der Waals surface area contributed by atoms with E-state index in [0.29, 0.717) is 0 Å². The van der Waals surface area contributed by atoms with E-state index in [4.69, 9.17) is 15.0 Å². The molecule has 0 fully saturated rings. The molecule has 3 aromatic heterocycles. The number of hydrogen-bond donors (Lipinski definition) is 0. The first-order valence-corrected chi connectivity index (χ1v) is 8.17. The number of aryl methyl sites for hydroxylation is 3. The Morgan fingerprint density at radius 2 is 0.913 bits per heavy atom. The Morgan fingerprint density at radius 1 is 0.609 bits per heavy atom. The molecule has 0 aliphatic carbocycles. The average Bonchev–Trinajstić information content (AvgIpc) is 2.54. The molecule has 3 nitrogen and oxygen atoms in total. The van der Waals surface area contributed by atoms with E-state index in [9.17, 15) is 0 Å². The van der Waals surface area contributed by atoms with Crippen LogP contribution >= 0.6 is 0 Å². The van der Waals surface area contributed by atoms with Crippen LogP contribution in [0.15, 0.2) is 54.6 Å². The monoisotopic (exact) mass is 340 g/mol. The molecule has 0 aromatic carbocycles. The third-order valence-corrected chi connectivity index (χ3v) is 4.73. The van der Waals surface area contributed by atoms with Gasteiger partial charge in [0, 0.05) is 0 Å². The van der Waals surface area contributed by atoms with Crippen molar-refractivity contribution in [3.8, 4) is 0 Å². The van der Waals surface area contributed by atoms with E-state index in [1.54, 1.807) is 0 Å². The molecule has 3 aromatic rings. The minimum absolute atomic E-state index is 0.607. The summed E-state index contributed by atoms with van der Waals surface area (Å²) in [6.07, 6.45) is 0. The fraction of sp³-hybridized carbons (Fsp3) is 0.211. The Balaban J connectivity index is 2.29. The number of aromatic nitrogens is 3. The van der Waals surface area contributed by atoms with Gasteiger partial charge in [-0.15, -0.1) is 0 Å². The van der Waals surface area contributed by atoms with Gasteiger partial charge in [0.15, 0.2) is 0 Å². The summed E-state index contributed by atoms with van der Waals surface area (Å²) in [6, 6.07) is 18.1.